The Balaban J connectivity index is 2.00. The van der Waals surface area contributed by atoms with E-state index in [0.717, 1.165) is 0 Å². The van der Waals surface area contributed by atoms with Crippen LogP contribution in [0.1, 0.15) is 32.6 Å². The summed E-state index contributed by atoms with van der Waals surface area (Å²) in [5, 5.41) is 20.3. The van der Waals surface area contributed by atoms with E-state index >= 15 is 0 Å². The molecule has 0 N–H and O–H groups in total. The van der Waals surface area contributed by atoms with Gasteiger partial charge in [-0.15, -0.1) is 10.2 Å². The predicted octanol–water partition coefficient (Wildman–Crippen LogP) is 3.93. The lowest BCUT2D eigenvalue weighted by Gasteiger charge is -2.30. The number of thioether (sulfide) groups is 1. The summed E-state index contributed by atoms with van der Waals surface area (Å²) in [6.07, 6.45) is -1.25. The minimum Gasteiger partial charge on any atom is -0.447 e. The second-order valence-corrected chi connectivity index (χ2v) is 8.36. The number of para-hydroxylation sites is 1. The molecule has 11 nitrogen and oxygen atoms in total. The van der Waals surface area contributed by atoms with Crippen molar-refractivity contribution < 1.29 is 24.0 Å². The summed E-state index contributed by atoms with van der Waals surface area (Å²) >= 11 is 1.35. The zero-order valence-electron chi connectivity index (χ0n) is 18.4. The molecule has 1 amide bonds. The molecule has 0 spiro atoms. The number of hydrogen-bond acceptors (Lipinski definition) is 10. The summed E-state index contributed by atoms with van der Waals surface area (Å²) in [6, 6.07) is 10.7. The summed E-state index contributed by atoms with van der Waals surface area (Å²) < 4.78 is 11.5. The summed E-state index contributed by atoms with van der Waals surface area (Å²) in [6.45, 7) is 4.48. The van der Waals surface area contributed by atoms with Gasteiger partial charge in [0.15, 0.2) is 5.69 Å². The number of amides is 1. The number of carbonyl (C=O) groups is 2. The van der Waals surface area contributed by atoms with Crippen LogP contribution in [0.3, 0.4) is 0 Å². The van der Waals surface area contributed by atoms with Gasteiger partial charge in [0.25, 0.3) is 5.69 Å². The molecule has 0 unspecified atom stereocenters. The Morgan fingerprint density at radius 3 is 2.65 bits per heavy atom. The highest BCUT2D eigenvalue weighted by Crippen LogP contribution is 2.45. The maximum absolute atomic E-state index is 12.9. The number of non-ortho nitro benzene ring substituents is 1. The second kappa shape index (κ2) is 9.43. The number of carbonyl (C=O) groups excluding carboxylic acids is 2. The van der Waals surface area contributed by atoms with Gasteiger partial charge in [0.05, 0.1) is 16.2 Å². The minimum atomic E-state index is -1.25. The van der Waals surface area contributed by atoms with Gasteiger partial charge in [0.2, 0.25) is 23.2 Å². The monoisotopic (exact) mass is 481 g/mol. The van der Waals surface area contributed by atoms with Gasteiger partial charge in [-0.3, -0.25) is 24.6 Å². The Kier molecular flexibility index (Phi) is 6.41. The van der Waals surface area contributed by atoms with Crippen molar-refractivity contribution >= 4 is 35.0 Å². The van der Waals surface area contributed by atoms with E-state index in [4.69, 9.17) is 9.47 Å². The fraction of sp³-hybridized carbons (Fsp3) is 0.227. The van der Waals surface area contributed by atoms with Crippen molar-refractivity contribution in [2.45, 2.75) is 32.2 Å². The van der Waals surface area contributed by atoms with E-state index in [1.165, 1.54) is 48.7 Å². The Morgan fingerprint density at radius 2 is 1.97 bits per heavy atom. The number of rotatable bonds is 5. The molecule has 174 valence electrons. The molecular formula is C22H19N5O6S. The highest BCUT2D eigenvalue weighted by Gasteiger charge is 2.37. The first-order valence-corrected chi connectivity index (χ1v) is 11.2. The van der Waals surface area contributed by atoms with Gasteiger partial charge in [0, 0.05) is 31.5 Å². The van der Waals surface area contributed by atoms with Gasteiger partial charge < -0.3 is 9.47 Å². The number of aromatic nitrogens is 3. The van der Waals surface area contributed by atoms with Gasteiger partial charge in [-0.25, -0.2) is 0 Å². The fourth-order valence-corrected chi connectivity index (χ4v) is 4.04. The molecule has 2 heterocycles. The molecule has 0 bridgehead atoms. The third-order valence-corrected chi connectivity index (χ3v) is 5.57. The molecule has 3 aromatic rings. The van der Waals surface area contributed by atoms with Gasteiger partial charge in [-0.2, -0.15) is 4.98 Å². The van der Waals surface area contributed by atoms with Crippen LogP contribution in [0.2, 0.25) is 0 Å². The number of nitrogens with zero attached hydrogens (tertiary/aromatic N) is 5. The molecule has 0 radical (unpaired) electrons. The lowest BCUT2D eigenvalue weighted by molar-refractivity contribution is -0.385. The Labute approximate surface area is 198 Å². The first-order valence-electron chi connectivity index (χ1n) is 10.2. The molecular weight excluding hydrogens is 462 g/mol. The van der Waals surface area contributed by atoms with Crippen LogP contribution in [0.4, 0.5) is 11.4 Å². The highest BCUT2D eigenvalue weighted by atomic mass is 32.2. The molecule has 1 aliphatic rings. The third kappa shape index (κ3) is 4.39. The van der Waals surface area contributed by atoms with E-state index in [1.807, 2.05) is 6.92 Å². The van der Waals surface area contributed by atoms with E-state index in [0.29, 0.717) is 27.9 Å². The lowest BCUT2D eigenvalue weighted by atomic mass is 10.1. The van der Waals surface area contributed by atoms with Crippen LogP contribution >= 0.6 is 11.8 Å². The molecule has 2 aromatic carbocycles. The Morgan fingerprint density at radius 1 is 1.21 bits per heavy atom. The van der Waals surface area contributed by atoms with E-state index < -0.39 is 23.0 Å². The summed E-state index contributed by atoms with van der Waals surface area (Å²) in [7, 11) is 0. The smallest absolute Gasteiger partial charge is 0.308 e. The summed E-state index contributed by atoms with van der Waals surface area (Å²) in [5.74, 6) is -0.249. The molecule has 0 saturated heterocycles. The van der Waals surface area contributed by atoms with Crippen LogP contribution < -0.4 is 14.4 Å². The molecule has 34 heavy (non-hydrogen) atoms. The van der Waals surface area contributed by atoms with Crippen LogP contribution in [-0.2, 0) is 9.59 Å². The Bertz CT molecular complexity index is 1300. The SMILES string of the molecule is CCSc1nnc2c(n1)O[C@@H](c1cc([N+](=O)[O-])ccc1OC(C)=O)N(C(C)=O)c1ccccc1-2. The van der Waals surface area contributed by atoms with Crippen LogP contribution in [0.25, 0.3) is 11.3 Å². The predicted molar refractivity (Wildman–Crippen MR) is 123 cm³/mol. The number of fused-ring (bicyclic) bond motifs is 3. The van der Waals surface area contributed by atoms with E-state index in [-0.39, 0.29) is 22.9 Å². The van der Waals surface area contributed by atoms with E-state index in [1.54, 1.807) is 24.3 Å². The van der Waals surface area contributed by atoms with Crippen LogP contribution in [-0.4, -0.2) is 37.7 Å². The summed E-state index contributed by atoms with van der Waals surface area (Å²) in [5.41, 5.74) is 1.13. The molecule has 0 fully saturated rings. The maximum atomic E-state index is 12.9. The van der Waals surface area contributed by atoms with Gasteiger partial charge in [0.1, 0.15) is 5.75 Å². The Hall–Kier alpha value is -4.06. The van der Waals surface area contributed by atoms with Gasteiger partial charge in [-0.05, 0) is 17.9 Å². The highest BCUT2D eigenvalue weighted by molar-refractivity contribution is 7.99. The molecule has 1 aromatic heterocycles. The van der Waals surface area contributed by atoms with Crippen LogP contribution in [0, 0.1) is 10.1 Å². The maximum Gasteiger partial charge on any atom is 0.308 e. The van der Waals surface area contributed by atoms with Crippen molar-refractivity contribution in [3.8, 4) is 22.9 Å². The topological polar surface area (TPSA) is 138 Å². The zero-order chi connectivity index (χ0) is 24.4. The fourth-order valence-electron chi connectivity index (χ4n) is 3.54. The normalized spacial score (nSPS) is 14.3. The number of esters is 1. The molecule has 0 aliphatic carbocycles. The van der Waals surface area contributed by atoms with Crippen LogP contribution in [0.5, 0.6) is 11.6 Å². The molecule has 4 rings (SSSR count). The van der Waals surface area contributed by atoms with Crippen LogP contribution in [0.15, 0.2) is 47.6 Å². The lowest BCUT2D eigenvalue weighted by Crippen LogP contribution is -2.36. The van der Waals surface area contributed by atoms with Gasteiger partial charge in [-0.1, -0.05) is 36.9 Å². The first kappa shape index (κ1) is 23.1. The first-order chi connectivity index (χ1) is 16.3. The van der Waals surface area contributed by atoms with E-state index in [2.05, 4.69) is 15.2 Å². The van der Waals surface area contributed by atoms with E-state index in [9.17, 15) is 19.7 Å². The summed E-state index contributed by atoms with van der Waals surface area (Å²) in [4.78, 5) is 41.4. The molecule has 0 saturated carbocycles. The molecule has 1 atom stereocenters. The second-order valence-electron chi connectivity index (χ2n) is 7.13. The van der Waals surface area contributed by atoms with Crippen molar-refractivity contribution in [1.29, 1.82) is 0 Å². The van der Waals surface area contributed by atoms with Gasteiger partial charge >= 0.3 is 5.97 Å². The standard InChI is InChI=1S/C22H19N5O6S/c1-4-34-22-23-20-19(24-25-22)15-7-5-6-8-17(15)26(12(2)28)21(33-20)16-11-14(27(30)31)9-10-18(16)32-13(3)29/h5-11,21H,4H2,1-3H3/t21-/m0/s1. The number of benzene rings is 2. The largest absolute Gasteiger partial charge is 0.447 e. The van der Waals surface area contributed by atoms with Crippen molar-refractivity contribution in [2.24, 2.45) is 0 Å². The quantitative estimate of drug-likeness (QED) is 0.173. The van der Waals surface area contributed by atoms with Crippen molar-refractivity contribution in [1.82, 2.24) is 15.2 Å². The zero-order valence-corrected chi connectivity index (χ0v) is 19.2. The van der Waals surface area contributed by atoms with Crippen molar-refractivity contribution in [2.75, 3.05) is 10.7 Å². The number of ether oxygens (including phenoxy) is 2. The van der Waals surface area contributed by atoms with Crippen molar-refractivity contribution in [3.63, 3.8) is 0 Å². The third-order valence-electron chi connectivity index (χ3n) is 4.85. The average Bonchev–Trinajstić information content (AvgIpc) is 2.93. The van der Waals surface area contributed by atoms with Crippen molar-refractivity contribution in [3.05, 3.63) is 58.1 Å². The average molecular weight is 481 g/mol. The number of anilines is 1. The number of nitro benzene ring substituents is 1. The minimum absolute atomic E-state index is 0.0143. The molecule has 1 aliphatic heterocycles. The molecule has 12 heteroatoms. The number of nitro groups is 1. The number of hydrogen-bond donors (Lipinski definition) is 0.